The number of nitrogens with zero attached hydrogens (tertiary/aromatic N) is 2. The number of amides is 1. The molecule has 30 heavy (non-hydrogen) atoms. The van der Waals surface area contributed by atoms with Crippen LogP contribution in [-0.4, -0.2) is 62.3 Å². The van der Waals surface area contributed by atoms with Gasteiger partial charge in [-0.3, -0.25) is 9.69 Å². The van der Waals surface area contributed by atoms with Crippen molar-refractivity contribution in [3.05, 3.63) is 41.3 Å². The normalized spacial score (nSPS) is 28.4. The molecule has 4 fully saturated rings. The quantitative estimate of drug-likeness (QED) is 0.790. The van der Waals surface area contributed by atoms with Crippen LogP contribution < -0.4 is 15.0 Å². The van der Waals surface area contributed by atoms with E-state index in [-0.39, 0.29) is 11.9 Å². The highest BCUT2D eigenvalue weighted by Crippen LogP contribution is 2.36. The molecule has 4 aliphatic heterocycles. The molecule has 2 unspecified atom stereocenters. The molecule has 0 saturated carbocycles. The van der Waals surface area contributed by atoms with Gasteiger partial charge in [-0.1, -0.05) is 23.5 Å². The van der Waals surface area contributed by atoms with Crippen LogP contribution in [0.25, 0.3) is 0 Å². The van der Waals surface area contributed by atoms with Crippen molar-refractivity contribution in [3.8, 4) is 10.8 Å². The topological polar surface area (TPSA) is 54.0 Å². The molecule has 0 aliphatic carbocycles. The van der Waals surface area contributed by atoms with Gasteiger partial charge >= 0.3 is 0 Å². The fourth-order valence-corrected chi connectivity index (χ4v) is 5.75. The van der Waals surface area contributed by atoms with Crippen LogP contribution in [0.15, 0.2) is 36.4 Å². The lowest BCUT2D eigenvalue weighted by molar-refractivity contribution is 0.0218. The highest BCUT2D eigenvalue weighted by atomic mass is 32.1. The van der Waals surface area contributed by atoms with Crippen molar-refractivity contribution in [2.45, 2.75) is 31.8 Å². The lowest BCUT2D eigenvalue weighted by atomic mass is 9.79. The highest BCUT2D eigenvalue weighted by Gasteiger charge is 2.40. The van der Waals surface area contributed by atoms with Crippen LogP contribution in [0, 0.1) is 5.92 Å². The van der Waals surface area contributed by atoms with Crippen molar-refractivity contribution in [1.82, 2.24) is 10.2 Å². The Kier molecular flexibility index (Phi) is 5.67. The number of para-hydroxylation sites is 2. The molecule has 1 aromatic carbocycles. The van der Waals surface area contributed by atoms with Gasteiger partial charge in [0.15, 0.2) is 10.8 Å². The molecular weight excluding hydrogens is 398 g/mol. The zero-order valence-corrected chi connectivity index (χ0v) is 18.2. The van der Waals surface area contributed by atoms with Crippen molar-refractivity contribution in [1.29, 1.82) is 0 Å². The van der Waals surface area contributed by atoms with Crippen molar-refractivity contribution in [2.24, 2.45) is 5.92 Å². The summed E-state index contributed by atoms with van der Waals surface area (Å²) in [5.41, 5.74) is 1.07. The average Bonchev–Trinajstić information content (AvgIpc) is 3.26. The van der Waals surface area contributed by atoms with Crippen molar-refractivity contribution >= 4 is 22.9 Å². The number of morpholine rings is 1. The molecule has 1 aromatic heterocycles. The van der Waals surface area contributed by atoms with Crippen LogP contribution >= 0.6 is 11.3 Å². The van der Waals surface area contributed by atoms with E-state index in [9.17, 15) is 4.79 Å². The summed E-state index contributed by atoms with van der Waals surface area (Å²) >= 11 is 1.41. The summed E-state index contributed by atoms with van der Waals surface area (Å²) < 4.78 is 11.7. The SMILES string of the molecule is CC1C(NC(=O)c2ccc(Oc3ccccc3N3CCOCC3)s2)C2CCN1CC2. The molecule has 0 radical (unpaired) electrons. The van der Waals surface area contributed by atoms with E-state index < -0.39 is 0 Å². The van der Waals surface area contributed by atoms with Crippen LogP contribution in [0.3, 0.4) is 0 Å². The third-order valence-electron chi connectivity index (χ3n) is 6.71. The first-order valence-corrected chi connectivity index (χ1v) is 11.7. The molecule has 5 heterocycles. The lowest BCUT2D eigenvalue weighted by Gasteiger charge is -2.49. The highest BCUT2D eigenvalue weighted by molar-refractivity contribution is 7.15. The molecule has 1 N–H and O–H groups in total. The van der Waals surface area contributed by atoms with Crippen LogP contribution in [0.4, 0.5) is 5.69 Å². The van der Waals surface area contributed by atoms with Gasteiger partial charge in [-0.05, 0) is 63.0 Å². The molecule has 2 aromatic rings. The summed E-state index contributed by atoms with van der Waals surface area (Å²) in [5, 5.41) is 4.05. The number of carbonyl (C=O) groups excluding carboxylic acids is 1. The summed E-state index contributed by atoms with van der Waals surface area (Å²) in [6, 6.07) is 12.5. The van der Waals surface area contributed by atoms with E-state index in [0.29, 0.717) is 16.8 Å². The Morgan fingerprint density at radius 1 is 1.10 bits per heavy atom. The molecule has 4 aliphatic rings. The first-order valence-electron chi connectivity index (χ1n) is 10.9. The van der Waals surface area contributed by atoms with Gasteiger partial charge in [0, 0.05) is 25.2 Å². The fraction of sp³-hybridized carbons (Fsp3) is 0.522. The Bertz CT molecular complexity index is 885. The zero-order chi connectivity index (χ0) is 20.5. The van der Waals surface area contributed by atoms with Crippen LogP contribution in [0.2, 0.25) is 0 Å². The summed E-state index contributed by atoms with van der Waals surface area (Å²) in [6.45, 7) is 7.75. The summed E-state index contributed by atoms with van der Waals surface area (Å²) in [6.07, 6.45) is 2.37. The van der Waals surface area contributed by atoms with Crippen LogP contribution in [0.1, 0.15) is 29.4 Å². The van der Waals surface area contributed by atoms with Crippen LogP contribution in [0.5, 0.6) is 10.8 Å². The Morgan fingerprint density at radius 3 is 2.63 bits per heavy atom. The minimum atomic E-state index is 0.0157. The maximum absolute atomic E-state index is 12.9. The van der Waals surface area contributed by atoms with Gasteiger partial charge in [-0.2, -0.15) is 0 Å². The van der Waals surface area contributed by atoms with E-state index >= 15 is 0 Å². The van der Waals surface area contributed by atoms with Gasteiger partial charge < -0.3 is 19.7 Å². The molecule has 1 amide bonds. The number of anilines is 1. The second kappa shape index (κ2) is 8.57. The molecule has 6 rings (SSSR count). The monoisotopic (exact) mass is 427 g/mol. The maximum Gasteiger partial charge on any atom is 0.261 e. The standard InChI is InChI=1S/C23H29N3O3S/c1-16-22(17-8-10-25(16)11-9-17)24-23(27)20-6-7-21(30-20)29-19-5-3-2-4-18(19)26-12-14-28-15-13-26/h2-7,16-17,22H,8-15H2,1H3,(H,24,27). The minimum Gasteiger partial charge on any atom is -0.444 e. The molecule has 0 spiro atoms. The second-order valence-electron chi connectivity index (χ2n) is 8.40. The fourth-order valence-electron chi connectivity index (χ4n) is 4.98. The van der Waals surface area contributed by atoms with Crippen molar-refractivity contribution < 1.29 is 14.3 Å². The Morgan fingerprint density at radius 2 is 1.87 bits per heavy atom. The summed E-state index contributed by atoms with van der Waals surface area (Å²) in [5.74, 6) is 1.44. The number of carbonyl (C=O) groups is 1. The lowest BCUT2D eigenvalue weighted by Crippen LogP contribution is -2.62. The third-order valence-corrected chi connectivity index (χ3v) is 7.67. The first-order chi connectivity index (χ1) is 14.7. The number of rotatable bonds is 5. The number of ether oxygens (including phenoxy) is 2. The van der Waals surface area contributed by atoms with Gasteiger partial charge in [-0.25, -0.2) is 0 Å². The van der Waals surface area contributed by atoms with E-state index in [2.05, 4.69) is 28.1 Å². The van der Waals surface area contributed by atoms with Gasteiger partial charge in [-0.15, -0.1) is 0 Å². The smallest absolute Gasteiger partial charge is 0.261 e. The second-order valence-corrected chi connectivity index (χ2v) is 9.45. The average molecular weight is 428 g/mol. The summed E-state index contributed by atoms with van der Waals surface area (Å²) in [7, 11) is 0. The summed E-state index contributed by atoms with van der Waals surface area (Å²) in [4.78, 5) is 18.4. The Balaban J connectivity index is 1.27. The molecule has 4 saturated heterocycles. The number of fused-ring (bicyclic) bond motifs is 3. The number of hydrogen-bond acceptors (Lipinski definition) is 6. The number of hydrogen-bond donors (Lipinski definition) is 1. The van der Waals surface area contributed by atoms with Gasteiger partial charge in [0.1, 0.15) is 0 Å². The Hall–Kier alpha value is -2.09. The van der Waals surface area contributed by atoms with E-state index in [1.165, 1.54) is 24.2 Å². The van der Waals surface area contributed by atoms with E-state index in [1.807, 2.05) is 30.3 Å². The van der Waals surface area contributed by atoms with Crippen molar-refractivity contribution in [2.75, 3.05) is 44.3 Å². The number of nitrogens with one attached hydrogen (secondary N) is 1. The molecule has 7 heteroatoms. The maximum atomic E-state index is 12.9. The molecule has 160 valence electrons. The molecule has 2 atom stereocenters. The largest absolute Gasteiger partial charge is 0.444 e. The number of benzene rings is 1. The predicted octanol–water partition coefficient (Wildman–Crippen LogP) is 3.59. The van der Waals surface area contributed by atoms with Gasteiger partial charge in [0.2, 0.25) is 0 Å². The van der Waals surface area contributed by atoms with E-state index in [4.69, 9.17) is 9.47 Å². The predicted molar refractivity (Wildman–Crippen MR) is 119 cm³/mol. The number of piperidine rings is 3. The molecule has 6 nitrogen and oxygen atoms in total. The Labute approximate surface area is 181 Å². The van der Waals surface area contributed by atoms with E-state index in [0.717, 1.165) is 55.9 Å². The molecular formula is C23H29N3O3S. The van der Waals surface area contributed by atoms with E-state index in [1.54, 1.807) is 0 Å². The van der Waals surface area contributed by atoms with Crippen molar-refractivity contribution in [3.63, 3.8) is 0 Å². The minimum absolute atomic E-state index is 0.0157. The van der Waals surface area contributed by atoms with Gasteiger partial charge in [0.25, 0.3) is 5.91 Å². The molecule has 2 bridgehead atoms. The zero-order valence-electron chi connectivity index (χ0n) is 17.4. The van der Waals surface area contributed by atoms with Gasteiger partial charge in [0.05, 0.1) is 23.8 Å². The first kappa shape index (κ1) is 19.8. The number of thiophene rings is 1. The third kappa shape index (κ3) is 3.94. The van der Waals surface area contributed by atoms with Crippen LogP contribution in [-0.2, 0) is 4.74 Å².